The molecule has 0 saturated heterocycles. The molecular weight excluding hydrogens is 292 g/mol. The van der Waals surface area contributed by atoms with Crippen molar-refractivity contribution in [2.75, 3.05) is 6.61 Å². The molecule has 1 aromatic rings. The average molecular weight is 312 g/mol. The molecule has 0 aliphatic carbocycles. The van der Waals surface area contributed by atoms with E-state index < -0.39 is 17.4 Å². The number of esters is 1. The molecule has 1 atom stereocenters. The predicted molar refractivity (Wildman–Crippen MR) is 90.7 cm³/mol. The van der Waals surface area contributed by atoms with E-state index in [4.69, 9.17) is 4.74 Å². The third-order valence-electron chi connectivity index (χ3n) is 3.20. The Kier molecular flexibility index (Phi) is 6.74. The van der Waals surface area contributed by atoms with Crippen molar-refractivity contribution in [2.45, 2.75) is 6.92 Å². The number of allylic oxidation sites excluding steroid dienone is 2. The first kappa shape index (κ1) is 18.2. The molecule has 0 aliphatic heterocycles. The van der Waals surface area contributed by atoms with Gasteiger partial charge in [-0.2, -0.15) is 0 Å². The van der Waals surface area contributed by atoms with Crippen LogP contribution in [0.5, 0.6) is 0 Å². The molecule has 0 aliphatic rings. The average Bonchev–Trinajstić information content (AvgIpc) is 2.57. The standard InChI is InChI=1S/C19H20O4/c1-4-15(3)13-19(18(21)22,14-23-17(20)5-2)12-11-16-9-7-6-8-10-16/h4-13H,1-2,14H2,3H3,(H,21,22). The van der Waals surface area contributed by atoms with Crippen LogP contribution in [-0.2, 0) is 14.3 Å². The van der Waals surface area contributed by atoms with Crippen molar-refractivity contribution in [3.63, 3.8) is 0 Å². The first-order chi connectivity index (χ1) is 10.9. The van der Waals surface area contributed by atoms with E-state index in [0.717, 1.165) is 11.6 Å². The number of ether oxygens (including phenoxy) is 1. The van der Waals surface area contributed by atoms with Crippen molar-refractivity contribution in [3.05, 3.63) is 78.9 Å². The Morgan fingerprint density at radius 2 is 1.87 bits per heavy atom. The van der Waals surface area contributed by atoms with E-state index in [0.29, 0.717) is 5.57 Å². The Labute approximate surface area is 136 Å². The summed E-state index contributed by atoms with van der Waals surface area (Å²) in [5.41, 5.74) is 0.0323. The van der Waals surface area contributed by atoms with Crippen molar-refractivity contribution in [3.8, 4) is 0 Å². The summed E-state index contributed by atoms with van der Waals surface area (Å²) in [6, 6.07) is 9.27. The highest BCUT2D eigenvalue weighted by atomic mass is 16.5. The Morgan fingerprint density at radius 3 is 2.39 bits per heavy atom. The fourth-order valence-corrected chi connectivity index (χ4v) is 1.86. The molecule has 1 aromatic carbocycles. The number of carbonyl (C=O) groups excluding carboxylic acids is 1. The maximum absolute atomic E-state index is 11.8. The Bertz CT molecular complexity index is 641. The summed E-state index contributed by atoms with van der Waals surface area (Å²) in [6.45, 7) is 8.33. The SMILES string of the molecule is C=CC(=O)OCC(C=Cc1ccccc1)(C=C(C)C=C)C(=O)O. The van der Waals surface area contributed by atoms with Crippen LogP contribution in [0.25, 0.3) is 6.08 Å². The molecule has 0 radical (unpaired) electrons. The van der Waals surface area contributed by atoms with Gasteiger partial charge in [0.15, 0.2) is 0 Å². The zero-order chi connectivity index (χ0) is 17.3. The molecule has 1 rings (SSSR count). The zero-order valence-corrected chi connectivity index (χ0v) is 13.1. The Hall–Kier alpha value is -2.88. The number of carboxylic acids is 1. The van der Waals surface area contributed by atoms with Gasteiger partial charge in [0.1, 0.15) is 12.0 Å². The number of hydrogen-bond acceptors (Lipinski definition) is 3. The van der Waals surface area contributed by atoms with Gasteiger partial charge in [-0.1, -0.05) is 73.4 Å². The minimum absolute atomic E-state index is 0.332. The Morgan fingerprint density at radius 1 is 1.22 bits per heavy atom. The highest BCUT2D eigenvalue weighted by Gasteiger charge is 2.35. The third kappa shape index (κ3) is 5.43. The second kappa shape index (κ2) is 8.54. The molecule has 4 nitrogen and oxygen atoms in total. The van der Waals surface area contributed by atoms with Crippen LogP contribution in [-0.4, -0.2) is 23.7 Å². The van der Waals surface area contributed by atoms with Gasteiger partial charge in [0.05, 0.1) is 0 Å². The fraction of sp³-hybridized carbons (Fsp3) is 0.158. The number of aliphatic carboxylic acids is 1. The molecule has 0 fully saturated rings. The highest BCUT2D eigenvalue weighted by Crippen LogP contribution is 2.26. The van der Waals surface area contributed by atoms with Crippen LogP contribution in [0.2, 0.25) is 0 Å². The molecule has 0 bridgehead atoms. The van der Waals surface area contributed by atoms with Crippen LogP contribution in [0.4, 0.5) is 0 Å². The van der Waals surface area contributed by atoms with Gasteiger partial charge in [-0.25, -0.2) is 4.79 Å². The van der Waals surface area contributed by atoms with Crippen LogP contribution in [0.1, 0.15) is 12.5 Å². The summed E-state index contributed by atoms with van der Waals surface area (Å²) in [5, 5.41) is 9.68. The van der Waals surface area contributed by atoms with Crippen molar-refractivity contribution < 1.29 is 19.4 Å². The van der Waals surface area contributed by atoms with Gasteiger partial charge in [0.25, 0.3) is 0 Å². The van der Waals surface area contributed by atoms with Gasteiger partial charge in [-0.15, -0.1) is 0 Å². The molecule has 0 amide bonds. The lowest BCUT2D eigenvalue weighted by Crippen LogP contribution is -2.33. The fourth-order valence-electron chi connectivity index (χ4n) is 1.86. The maximum Gasteiger partial charge on any atom is 0.330 e. The minimum Gasteiger partial charge on any atom is -0.480 e. The summed E-state index contributed by atoms with van der Waals surface area (Å²) in [7, 11) is 0. The lowest BCUT2D eigenvalue weighted by molar-refractivity contribution is -0.150. The summed E-state index contributed by atoms with van der Waals surface area (Å²) >= 11 is 0. The Balaban J connectivity index is 3.23. The lowest BCUT2D eigenvalue weighted by atomic mass is 9.85. The van der Waals surface area contributed by atoms with Gasteiger partial charge >= 0.3 is 11.9 Å². The first-order valence-corrected chi connectivity index (χ1v) is 7.02. The topological polar surface area (TPSA) is 63.6 Å². The van der Waals surface area contributed by atoms with E-state index in [1.54, 1.807) is 19.1 Å². The number of benzene rings is 1. The molecular formula is C19H20O4. The molecule has 23 heavy (non-hydrogen) atoms. The smallest absolute Gasteiger partial charge is 0.330 e. The van der Waals surface area contributed by atoms with Crippen LogP contribution >= 0.6 is 0 Å². The van der Waals surface area contributed by atoms with Crippen molar-refractivity contribution in [2.24, 2.45) is 5.41 Å². The van der Waals surface area contributed by atoms with E-state index in [1.807, 2.05) is 30.3 Å². The molecule has 4 heteroatoms. The van der Waals surface area contributed by atoms with E-state index in [2.05, 4.69) is 13.2 Å². The molecule has 0 saturated carbocycles. The van der Waals surface area contributed by atoms with E-state index in [9.17, 15) is 14.7 Å². The van der Waals surface area contributed by atoms with Crippen LogP contribution in [0.15, 0.2) is 73.4 Å². The predicted octanol–water partition coefficient (Wildman–Crippen LogP) is 3.63. The molecule has 0 aromatic heterocycles. The largest absolute Gasteiger partial charge is 0.480 e. The molecule has 0 spiro atoms. The van der Waals surface area contributed by atoms with Crippen LogP contribution in [0.3, 0.4) is 0 Å². The molecule has 1 N–H and O–H groups in total. The van der Waals surface area contributed by atoms with Crippen molar-refractivity contribution in [1.82, 2.24) is 0 Å². The number of hydrogen-bond donors (Lipinski definition) is 1. The van der Waals surface area contributed by atoms with E-state index in [1.165, 1.54) is 12.2 Å². The van der Waals surface area contributed by atoms with Crippen molar-refractivity contribution in [1.29, 1.82) is 0 Å². The second-order valence-electron chi connectivity index (χ2n) is 4.99. The highest BCUT2D eigenvalue weighted by molar-refractivity contribution is 5.84. The monoisotopic (exact) mass is 312 g/mol. The summed E-state index contributed by atoms with van der Waals surface area (Å²) in [4.78, 5) is 23.2. The van der Waals surface area contributed by atoms with Crippen molar-refractivity contribution >= 4 is 18.0 Å². The third-order valence-corrected chi connectivity index (χ3v) is 3.20. The van der Waals surface area contributed by atoms with Gasteiger partial charge in [0, 0.05) is 6.08 Å². The van der Waals surface area contributed by atoms with Gasteiger partial charge in [-0.3, -0.25) is 4.79 Å². The summed E-state index contributed by atoms with van der Waals surface area (Å²) in [5.74, 6) is -1.80. The van der Waals surface area contributed by atoms with Crippen LogP contribution in [0, 0.1) is 5.41 Å². The lowest BCUT2D eigenvalue weighted by Gasteiger charge is -2.22. The quantitative estimate of drug-likeness (QED) is 0.452. The van der Waals surface area contributed by atoms with Gasteiger partial charge < -0.3 is 9.84 Å². The van der Waals surface area contributed by atoms with Gasteiger partial charge in [0.2, 0.25) is 0 Å². The van der Waals surface area contributed by atoms with Gasteiger partial charge in [-0.05, 0) is 12.5 Å². The maximum atomic E-state index is 11.8. The van der Waals surface area contributed by atoms with E-state index >= 15 is 0 Å². The molecule has 120 valence electrons. The minimum atomic E-state index is -1.48. The molecule has 1 unspecified atom stereocenters. The number of carbonyl (C=O) groups is 2. The zero-order valence-electron chi connectivity index (χ0n) is 13.1. The summed E-state index contributed by atoms with van der Waals surface area (Å²) < 4.78 is 4.98. The normalized spacial score (nSPS) is 14.0. The number of carboxylic acid groups (broad SMARTS) is 1. The summed E-state index contributed by atoms with van der Waals surface area (Å²) in [6.07, 6.45) is 7.25. The second-order valence-corrected chi connectivity index (χ2v) is 4.99. The van der Waals surface area contributed by atoms with E-state index in [-0.39, 0.29) is 6.61 Å². The first-order valence-electron chi connectivity index (χ1n) is 7.02. The molecule has 0 heterocycles. The van der Waals surface area contributed by atoms with Crippen LogP contribution < -0.4 is 0 Å². The number of rotatable bonds is 8.